The van der Waals surface area contributed by atoms with E-state index < -0.39 is 0 Å². The summed E-state index contributed by atoms with van der Waals surface area (Å²) in [5, 5.41) is 5.22. The molecule has 0 aliphatic carbocycles. The van der Waals surface area contributed by atoms with E-state index in [1.54, 1.807) is 0 Å². The van der Waals surface area contributed by atoms with Crippen LogP contribution in [0.15, 0.2) is 91.0 Å². The predicted molar refractivity (Wildman–Crippen MR) is 271 cm³/mol. The van der Waals surface area contributed by atoms with Gasteiger partial charge >= 0.3 is 0 Å². The zero-order valence-electron chi connectivity index (χ0n) is 38.2. The first kappa shape index (κ1) is 53.3. The average molecular weight is 1080 g/mol. The van der Waals surface area contributed by atoms with Crippen LogP contribution in [0.5, 0.6) is 0 Å². The van der Waals surface area contributed by atoms with Crippen LogP contribution < -0.4 is 30.3 Å². The molecule has 2 nitrogen and oxygen atoms in total. The maximum absolute atomic E-state index is 2.49. The third-order valence-corrected chi connectivity index (χ3v) is 14.3. The Morgan fingerprint density at radius 1 is 0.468 bits per heavy atom. The normalized spacial score (nSPS) is 11.2. The maximum atomic E-state index is 2.49. The Bertz CT molecular complexity index is 2380. The Morgan fingerprint density at radius 2 is 0.823 bits per heavy atom. The van der Waals surface area contributed by atoms with Crippen molar-refractivity contribution >= 4 is 115 Å². The molecule has 309 valence electrons. The minimum Gasteiger partial charge on any atom is -0.372 e. The van der Waals surface area contributed by atoms with Crippen molar-refractivity contribution in [2.75, 3.05) is 36.0 Å². The van der Waals surface area contributed by atoms with E-state index in [0.717, 1.165) is 26.2 Å². The molecule has 0 fully saturated rings. The average Bonchev–Trinajstić information content (AvgIpc) is 3.84. The summed E-state index contributed by atoms with van der Waals surface area (Å²) < 4.78 is 2.66. The second kappa shape index (κ2) is 25.5. The minimum absolute atomic E-state index is 0. The monoisotopic (exact) mass is 1080 g/mol. The van der Waals surface area contributed by atoms with Gasteiger partial charge in [-0.1, -0.05) is 88.4 Å². The molecule has 0 spiro atoms. The number of rotatable bonds is 18. The molecular formula is C53H59B2N2S2Y3-. The molecule has 0 atom stereocenters. The molecular weight excluding hydrogens is 1020 g/mol. The van der Waals surface area contributed by atoms with Gasteiger partial charge in [-0.25, -0.2) is 0 Å². The quantitative estimate of drug-likeness (QED) is 0.0624. The summed E-state index contributed by atoms with van der Waals surface area (Å²) in [6, 6.07) is 34.4. The van der Waals surface area contributed by atoms with Gasteiger partial charge in [-0.3, -0.25) is 0 Å². The van der Waals surface area contributed by atoms with E-state index in [2.05, 4.69) is 195 Å². The molecule has 5 aromatic carbocycles. The molecule has 0 aliphatic rings. The first-order valence-electron chi connectivity index (χ1n) is 21.8. The third kappa shape index (κ3) is 13.0. The van der Waals surface area contributed by atoms with Gasteiger partial charge in [0.2, 0.25) is 0 Å². The van der Waals surface area contributed by atoms with Crippen molar-refractivity contribution in [2.45, 2.75) is 81.1 Å². The van der Waals surface area contributed by atoms with Gasteiger partial charge in [0.25, 0.3) is 0 Å². The molecule has 0 N–H and O–H groups in total. The van der Waals surface area contributed by atoms with Gasteiger partial charge < -0.3 is 9.80 Å². The van der Waals surface area contributed by atoms with E-state index in [9.17, 15) is 0 Å². The molecule has 62 heavy (non-hydrogen) atoms. The van der Waals surface area contributed by atoms with Gasteiger partial charge in [-0.05, 0) is 133 Å². The zero-order valence-corrected chi connectivity index (χ0v) is 48.4. The van der Waals surface area contributed by atoms with Crippen molar-refractivity contribution in [1.82, 2.24) is 0 Å². The fourth-order valence-electron chi connectivity index (χ4n) is 8.17. The molecule has 0 bridgehead atoms. The Balaban J connectivity index is 0.00000282. The summed E-state index contributed by atoms with van der Waals surface area (Å²) in [5.74, 6) is 0. The molecule has 9 heteroatoms. The second-order valence-electron chi connectivity index (χ2n) is 16.1. The van der Waals surface area contributed by atoms with Crippen LogP contribution in [-0.2, 0) is 98.1 Å². The molecule has 0 aliphatic heterocycles. The molecule has 7 rings (SSSR count). The van der Waals surface area contributed by atoms with Crippen molar-refractivity contribution < 1.29 is 98.1 Å². The van der Waals surface area contributed by atoms with Crippen LogP contribution in [0, 0.1) is 27.7 Å². The molecule has 0 saturated carbocycles. The molecule has 7 aromatic rings. The van der Waals surface area contributed by atoms with Crippen molar-refractivity contribution in [1.29, 1.82) is 0 Å². The van der Waals surface area contributed by atoms with Crippen LogP contribution in [0.1, 0.15) is 96.5 Å². The Labute approximate surface area is 458 Å². The van der Waals surface area contributed by atoms with E-state index in [4.69, 9.17) is 0 Å². The summed E-state index contributed by atoms with van der Waals surface area (Å²) in [4.78, 5) is 7.63. The number of benzene rings is 4. The van der Waals surface area contributed by atoms with E-state index in [0.29, 0.717) is 0 Å². The maximum Gasteiger partial charge on any atom is 0.195 e. The van der Waals surface area contributed by atoms with Crippen molar-refractivity contribution in [2.24, 2.45) is 0 Å². The standard InChI is InChI=1S/C53H59B2N2S2.3Y/c1-9-29-56(30-10-2)46-21-13-40(14-22-46)17-27-50-36(5)38(7)52(58-50)54-44-19-25-48-42(34-44)33-43-35-45(20-26-49(43)48)55-53-39(8)37(6)51(59-53)28-18-41-15-23-47(24-16-41)57(31-11-3)32-12-4;;;/h13-28,33-35H,9-12,29-32H2,1-8H3;;;/q-1;;;/b27-17+,28-18+;;;. The molecule has 0 unspecified atom stereocenters. The van der Waals surface area contributed by atoms with Crippen molar-refractivity contribution in [3.63, 3.8) is 0 Å². The van der Waals surface area contributed by atoms with Crippen LogP contribution in [0.4, 0.5) is 11.4 Å². The summed E-state index contributed by atoms with van der Waals surface area (Å²) in [7, 11) is 4.73. The van der Waals surface area contributed by atoms with E-state index in [1.807, 2.05) is 22.7 Å². The zero-order chi connectivity index (χ0) is 41.5. The summed E-state index contributed by atoms with van der Waals surface area (Å²) >= 11 is 3.77. The Kier molecular flexibility index (Phi) is 22.0. The number of anilines is 2. The number of hydrogen-bond donors (Lipinski definition) is 0. The summed E-state index contributed by atoms with van der Waals surface area (Å²) in [6.45, 7) is 22.5. The van der Waals surface area contributed by atoms with E-state index >= 15 is 0 Å². The number of nitrogens with zero attached hydrogens (tertiary/aromatic N) is 2. The number of thiophene rings is 2. The first-order valence-corrected chi connectivity index (χ1v) is 23.4. The third-order valence-electron chi connectivity index (χ3n) is 11.7. The van der Waals surface area contributed by atoms with E-state index in [-0.39, 0.29) is 98.1 Å². The van der Waals surface area contributed by atoms with Crippen LogP contribution in [-0.4, -0.2) is 40.7 Å². The molecule has 2 aromatic heterocycles. The van der Waals surface area contributed by atoms with Crippen LogP contribution in [0.3, 0.4) is 0 Å². The molecule has 2 heterocycles. The van der Waals surface area contributed by atoms with Crippen LogP contribution >= 0.6 is 22.7 Å². The van der Waals surface area contributed by atoms with Crippen LogP contribution in [0.2, 0.25) is 0 Å². The van der Waals surface area contributed by atoms with Crippen molar-refractivity contribution in [3.8, 4) is 0 Å². The fourth-order valence-corrected chi connectivity index (χ4v) is 10.5. The molecule has 0 saturated heterocycles. The largest absolute Gasteiger partial charge is 0.372 e. The van der Waals surface area contributed by atoms with Gasteiger partial charge in [-0.15, -0.1) is 50.7 Å². The van der Waals surface area contributed by atoms with E-state index in [1.165, 1.54) is 122 Å². The fraction of sp³-hybridized carbons (Fsp3) is 0.302. The molecule has 5 radical (unpaired) electrons. The van der Waals surface area contributed by atoms with Crippen molar-refractivity contribution in [3.05, 3.63) is 134 Å². The first-order chi connectivity index (χ1) is 28.7. The predicted octanol–water partition coefficient (Wildman–Crippen LogP) is 12.0. The van der Waals surface area contributed by atoms with Gasteiger partial charge in [0, 0.05) is 145 Å². The Hall–Kier alpha value is -1.33. The SMILES string of the molecule is CCCN(CCC)c1ccc(/C=C/c2sc([B]c3ccc4c(c3)[cH-]c3cc([B]c5sc(/C=C/c6ccc(N(CCC)CCC)cc6)c(C)c5C)ccc34)c(C)c2C)cc1.[Y].[Y].[Y]. The van der Waals surface area contributed by atoms with Gasteiger partial charge in [0.1, 0.15) is 0 Å². The van der Waals surface area contributed by atoms with Gasteiger partial charge in [0.15, 0.2) is 14.6 Å². The minimum atomic E-state index is 0. The smallest absolute Gasteiger partial charge is 0.195 e. The summed E-state index contributed by atoms with van der Waals surface area (Å²) in [6.07, 6.45) is 13.8. The molecule has 0 amide bonds. The second-order valence-corrected chi connectivity index (χ2v) is 18.3. The van der Waals surface area contributed by atoms with Gasteiger partial charge in [-0.2, -0.15) is 22.7 Å². The van der Waals surface area contributed by atoms with Gasteiger partial charge in [0.05, 0.1) is 0 Å². The number of fused-ring (bicyclic) bond motifs is 3. The summed E-state index contributed by atoms with van der Waals surface area (Å²) in [5.41, 5.74) is 13.1. The topological polar surface area (TPSA) is 6.48 Å². The van der Waals surface area contributed by atoms with Crippen LogP contribution in [0.25, 0.3) is 45.8 Å². The Morgan fingerprint density at radius 3 is 1.16 bits per heavy atom. The number of hydrogen-bond acceptors (Lipinski definition) is 4.